The van der Waals surface area contributed by atoms with Crippen molar-refractivity contribution in [2.24, 2.45) is 7.05 Å². The highest BCUT2D eigenvalue weighted by Crippen LogP contribution is 2.34. The average molecular weight is 281 g/mol. The molecule has 0 amide bonds. The van der Waals surface area contributed by atoms with Crippen LogP contribution in [0.3, 0.4) is 0 Å². The Hall–Kier alpha value is -1.29. The summed E-state index contributed by atoms with van der Waals surface area (Å²) in [6.07, 6.45) is 1.79. The first-order valence-electron chi connectivity index (χ1n) is 5.13. The summed E-state index contributed by atoms with van der Waals surface area (Å²) >= 11 is 3.50. The van der Waals surface area contributed by atoms with Crippen LogP contribution < -0.4 is 4.74 Å². The van der Waals surface area contributed by atoms with Crippen molar-refractivity contribution >= 4 is 15.9 Å². The summed E-state index contributed by atoms with van der Waals surface area (Å²) in [4.78, 5) is 0. The van der Waals surface area contributed by atoms with Crippen LogP contribution in [0.4, 0.5) is 0 Å². The van der Waals surface area contributed by atoms with E-state index >= 15 is 0 Å². The molecule has 0 N–H and O–H groups in total. The predicted molar refractivity (Wildman–Crippen MR) is 67.5 cm³/mol. The molecule has 0 aliphatic carbocycles. The topological polar surface area (TPSA) is 27.1 Å². The third-order valence-corrected chi connectivity index (χ3v) is 2.92. The van der Waals surface area contributed by atoms with Gasteiger partial charge in [-0.25, -0.2) is 0 Å². The zero-order valence-corrected chi connectivity index (χ0v) is 10.9. The fourth-order valence-corrected chi connectivity index (χ4v) is 2.22. The highest BCUT2D eigenvalue weighted by atomic mass is 79.9. The van der Waals surface area contributed by atoms with Crippen LogP contribution in [0.5, 0.6) is 5.75 Å². The van der Waals surface area contributed by atoms with Crippen LogP contribution in [0.1, 0.15) is 6.92 Å². The minimum absolute atomic E-state index is 0.659. The van der Waals surface area contributed by atoms with Gasteiger partial charge in [0, 0.05) is 12.6 Å². The fourth-order valence-electron chi connectivity index (χ4n) is 1.66. The zero-order chi connectivity index (χ0) is 11.5. The van der Waals surface area contributed by atoms with Crippen LogP contribution in [-0.4, -0.2) is 16.4 Å². The summed E-state index contributed by atoms with van der Waals surface area (Å²) in [6.45, 7) is 2.64. The van der Waals surface area contributed by atoms with E-state index in [1.807, 2.05) is 42.9 Å². The summed E-state index contributed by atoms with van der Waals surface area (Å²) in [7, 11) is 1.92. The van der Waals surface area contributed by atoms with Gasteiger partial charge in [-0.3, -0.25) is 4.68 Å². The van der Waals surface area contributed by atoms with Gasteiger partial charge in [0.25, 0.3) is 0 Å². The zero-order valence-electron chi connectivity index (χ0n) is 9.27. The predicted octanol–water partition coefficient (Wildman–Crippen LogP) is 3.25. The summed E-state index contributed by atoms with van der Waals surface area (Å²) in [5, 5.41) is 4.21. The number of aryl methyl sites for hydroxylation is 1. The van der Waals surface area contributed by atoms with Gasteiger partial charge >= 0.3 is 0 Å². The Labute approximate surface area is 103 Å². The van der Waals surface area contributed by atoms with Crippen LogP contribution in [0.25, 0.3) is 11.3 Å². The van der Waals surface area contributed by atoms with Crippen molar-refractivity contribution < 1.29 is 4.74 Å². The molecule has 0 radical (unpaired) electrons. The van der Waals surface area contributed by atoms with Crippen molar-refractivity contribution in [3.63, 3.8) is 0 Å². The second kappa shape index (κ2) is 4.70. The Kier molecular flexibility index (Phi) is 3.29. The van der Waals surface area contributed by atoms with E-state index < -0.39 is 0 Å². The number of nitrogens with zero attached hydrogens (tertiary/aromatic N) is 2. The first-order valence-corrected chi connectivity index (χ1v) is 5.93. The van der Waals surface area contributed by atoms with Crippen LogP contribution in [0.2, 0.25) is 0 Å². The molecule has 4 heteroatoms. The van der Waals surface area contributed by atoms with Crippen molar-refractivity contribution in [1.82, 2.24) is 9.78 Å². The van der Waals surface area contributed by atoms with E-state index in [2.05, 4.69) is 21.0 Å². The van der Waals surface area contributed by atoms with Crippen LogP contribution >= 0.6 is 15.9 Å². The van der Waals surface area contributed by atoms with E-state index in [0.717, 1.165) is 21.5 Å². The van der Waals surface area contributed by atoms with E-state index in [9.17, 15) is 0 Å². The van der Waals surface area contributed by atoms with E-state index in [1.165, 1.54) is 0 Å². The molecule has 0 atom stereocenters. The number of halogens is 1. The lowest BCUT2D eigenvalue weighted by Crippen LogP contribution is -1.98. The lowest BCUT2D eigenvalue weighted by molar-refractivity contribution is 0.341. The first-order chi connectivity index (χ1) is 7.74. The van der Waals surface area contributed by atoms with Gasteiger partial charge < -0.3 is 4.74 Å². The Bertz CT molecular complexity index is 474. The molecule has 0 bridgehead atoms. The quantitative estimate of drug-likeness (QED) is 0.863. The second-order valence-corrected chi connectivity index (χ2v) is 4.25. The second-order valence-electron chi connectivity index (χ2n) is 3.39. The van der Waals surface area contributed by atoms with Crippen molar-refractivity contribution in [3.8, 4) is 17.0 Å². The molecule has 1 aromatic heterocycles. The van der Waals surface area contributed by atoms with Crippen molar-refractivity contribution in [2.45, 2.75) is 6.92 Å². The number of para-hydroxylation sites is 1. The molecule has 0 saturated carbocycles. The van der Waals surface area contributed by atoms with Gasteiger partial charge in [0.15, 0.2) is 0 Å². The molecule has 0 aliphatic heterocycles. The minimum atomic E-state index is 0.659. The third kappa shape index (κ3) is 1.97. The molecule has 0 spiro atoms. The molecule has 0 fully saturated rings. The Balaban J connectivity index is 2.55. The van der Waals surface area contributed by atoms with E-state index in [4.69, 9.17) is 4.74 Å². The normalized spacial score (nSPS) is 10.4. The lowest BCUT2D eigenvalue weighted by atomic mass is 10.1. The van der Waals surface area contributed by atoms with Crippen LogP contribution in [0.15, 0.2) is 34.9 Å². The SMILES string of the molecule is CCOc1ccccc1-c1c(Br)cnn1C. The van der Waals surface area contributed by atoms with Crippen molar-refractivity contribution in [2.75, 3.05) is 6.61 Å². The molecular weight excluding hydrogens is 268 g/mol. The monoisotopic (exact) mass is 280 g/mol. The molecule has 0 aliphatic rings. The van der Waals surface area contributed by atoms with Gasteiger partial charge in [-0.15, -0.1) is 0 Å². The Morgan fingerprint density at radius 1 is 1.38 bits per heavy atom. The molecule has 84 valence electrons. The fraction of sp³-hybridized carbons (Fsp3) is 0.250. The molecule has 2 aromatic rings. The van der Waals surface area contributed by atoms with Gasteiger partial charge in [-0.2, -0.15) is 5.10 Å². The summed E-state index contributed by atoms with van der Waals surface area (Å²) in [5.41, 5.74) is 2.08. The highest BCUT2D eigenvalue weighted by molar-refractivity contribution is 9.10. The van der Waals surface area contributed by atoms with Gasteiger partial charge in [-0.1, -0.05) is 12.1 Å². The largest absolute Gasteiger partial charge is 0.493 e. The molecular formula is C12H13BrN2O. The Morgan fingerprint density at radius 2 is 2.12 bits per heavy atom. The first kappa shape index (κ1) is 11.2. The van der Waals surface area contributed by atoms with Gasteiger partial charge in [0.05, 0.1) is 23.0 Å². The van der Waals surface area contributed by atoms with E-state index in [0.29, 0.717) is 6.61 Å². The standard InChI is InChI=1S/C12H13BrN2O/c1-3-16-11-7-5-4-6-9(11)12-10(13)8-14-15(12)2/h4-8H,3H2,1-2H3. The van der Waals surface area contributed by atoms with Crippen LogP contribution in [-0.2, 0) is 7.05 Å². The maximum Gasteiger partial charge on any atom is 0.128 e. The third-order valence-electron chi connectivity index (χ3n) is 2.34. The average Bonchev–Trinajstić information content (AvgIpc) is 2.60. The molecule has 0 saturated heterocycles. The van der Waals surface area contributed by atoms with Crippen molar-refractivity contribution in [1.29, 1.82) is 0 Å². The molecule has 1 heterocycles. The smallest absolute Gasteiger partial charge is 0.128 e. The summed E-state index contributed by atoms with van der Waals surface area (Å²) < 4.78 is 8.42. The maximum absolute atomic E-state index is 5.61. The lowest BCUT2D eigenvalue weighted by Gasteiger charge is -2.10. The molecule has 0 unspecified atom stereocenters. The number of hydrogen-bond donors (Lipinski definition) is 0. The number of aromatic nitrogens is 2. The molecule has 3 nitrogen and oxygen atoms in total. The Morgan fingerprint density at radius 3 is 2.75 bits per heavy atom. The highest BCUT2D eigenvalue weighted by Gasteiger charge is 2.12. The minimum Gasteiger partial charge on any atom is -0.493 e. The summed E-state index contributed by atoms with van der Waals surface area (Å²) in [6, 6.07) is 7.97. The van der Waals surface area contributed by atoms with Gasteiger partial charge in [0.1, 0.15) is 5.75 Å². The summed E-state index contributed by atoms with van der Waals surface area (Å²) in [5.74, 6) is 0.884. The molecule has 16 heavy (non-hydrogen) atoms. The molecule has 2 rings (SSSR count). The number of rotatable bonds is 3. The van der Waals surface area contributed by atoms with Crippen molar-refractivity contribution in [3.05, 3.63) is 34.9 Å². The van der Waals surface area contributed by atoms with Crippen LogP contribution in [0, 0.1) is 0 Å². The van der Waals surface area contributed by atoms with Gasteiger partial charge in [-0.05, 0) is 35.0 Å². The van der Waals surface area contributed by atoms with E-state index in [1.54, 1.807) is 6.20 Å². The van der Waals surface area contributed by atoms with E-state index in [-0.39, 0.29) is 0 Å². The maximum atomic E-state index is 5.61. The number of benzene rings is 1. The number of ether oxygens (including phenoxy) is 1. The molecule has 1 aromatic carbocycles. The number of hydrogen-bond acceptors (Lipinski definition) is 2. The van der Waals surface area contributed by atoms with Gasteiger partial charge in [0.2, 0.25) is 0 Å².